The molecule has 4 rings (SSSR count). The molecular formula is C20H23N. The van der Waals surface area contributed by atoms with Gasteiger partial charge in [0.05, 0.1) is 0 Å². The Kier molecular flexibility index (Phi) is 3.31. The molecule has 0 aromatic heterocycles. The molecule has 1 N–H and O–H groups in total. The summed E-state index contributed by atoms with van der Waals surface area (Å²) >= 11 is 0. The average molecular weight is 277 g/mol. The first-order chi connectivity index (χ1) is 10.3. The fourth-order valence-electron chi connectivity index (χ4n) is 3.84. The van der Waals surface area contributed by atoms with Crippen molar-refractivity contribution >= 4 is 0 Å². The third-order valence-electron chi connectivity index (χ3n) is 5.25. The highest BCUT2D eigenvalue weighted by Gasteiger charge is 2.25. The van der Waals surface area contributed by atoms with Gasteiger partial charge in [0.1, 0.15) is 0 Å². The lowest BCUT2D eigenvalue weighted by atomic mass is 9.77. The molecule has 2 unspecified atom stereocenters. The minimum absolute atomic E-state index is 0.448. The number of benzene rings is 2. The summed E-state index contributed by atoms with van der Waals surface area (Å²) in [5, 5.41) is 3.73. The maximum absolute atomic E-state index is 3.73. The zero-order valence-electron chi connectivity index (χ0n) is 12.7. The fourth-order valence-corrected chi connectivity index (χ4v) is 3.84. The van der Waals surface area contributed by atoms with E-state index in [1.165, 1.54) is 36.8 Å². The summed E-state index contributed by atoms with van der Waals surface area (Å²) in [6.07, 6.45) is 5.11. The van der Waals surface area contributed by atoms with Crippen molar-refractivity contribution in [2.24, 2.45) is 0 Å². The van der Waals surface area contributed by atoms with Crippen LogP contribution in [-0.4, -0.2) is 6.54 Å². The van der Waals surface area contributed by atoms with Crippen LogP contribution >= 0.6 is 0 Å². The number of fused-ring (bicyclic) bond motifs is 2. The standard InChI is InChI=1S/C20H23N/c1-14(16-10-9-15-6-4-7-17(15)11-16)21-13-19-12-18-5-2-3-8-20(18)19/h2-3,5,8-11,14,19,21H,4,6-7,12-13H2,1H3. The van der Waals surface area contributed by atoms with Gasteiger partial charge in [-0.1, -0.05) is 42.5 Å². The normalized spacial score (nSPS) is 20.5. The predicted octanol–water partition coefficient (Wildman–Crippen LogP) is 4.17. The van der Waals surface area contributed by atoms with Crippen LogP contribution in [0.2, 0.25) is 0 Å². The van der Waals surface area contributed by atoms with Crippen molar-refractivity contribution in [1.29, 1.82) is 0 Å². The number of hydrogen-bond donors (Lipinski definition) is 1. The maximum atomic E-state index is 3.73. The lowest BCUT2D eigenvalue weighted by Gasteiger charge is -2.31. The molecule has 0 bridgehead atoms. The molecular weight excluding hydrogens is 254 g/mol. The molecule has 2 aromatic carbocycles. The molecule has 0 fully saturated rings. The molecule has 1 nitrogen and oxygen atoms in total. The van der Waals surface area contributed by atoms with Gasteiger partial charge in [0, 0.05) is 18.5 Å². The van der Waals surface area contributed by atoms with E-state index in [4.69, 9.17) is 0 Å². The molecule has 108 valence electrons. The van der Waals surface area contributed by atoms with Crippen molar-refractivity contribution in [3.05, 3.63) is 70.3 Å². The predicted molar refractivity (Wildman–Crippen MR) is 87.8 cm³/mol. The van der Waals surface area contributed by atoms with E-state index in [1.54, 1.807) is 16.7 Å². The van der Waals surface area contributed by atoms with Crippen molar-refractivity contribution in [2.45, 2.75) is 44.6 Å². The van der Waals surface area contributed by atoms with Gasteiger partial charge in [0.2, 0.25) is 0 Å². The molecule has 21 heavy (non-hydrogen) atoms. The highest BCUT2D eigenvalue weighted by atomic mass is 14.9. The second-order valence-electron chi connectivity index (χ2n) is 6.61. The Hall–Kier alpha value is -1.60. The van der Waals surface area contributed by atoms with E-state index >= 15 is 0 Å². The van der Waals surface area contributed by atoms with Gasteiger partial charge in [0.25, 0.3) is 0 Å². The van der Waals surface area contributed by atoms with Gasteiger partial charge in [-0.2, -0.15) is 0 Å². The van der Waals surface area contributed by atoms with Crippen molar-refractivity contribution in [1.82, 2.24) is 5.32 Å². The van der Waals surface area contributed by atoms with Crippen molar-refractivity contribution in [3.63, 3.8) is 0 Å². The number of hydrogen-bond acceptors (Lipinski definition) is 1. The highest BCUT2D eigenvalue weighted by Crippen LogP contribution is 2.34. The van der Waals surface area contributed by atoms with Crippen LogP contribution in [0.5, 0.6) is 0 Å². The van der Waals surface area contributed by atoms with Gasteiger partial charge in [-0.15, -0.1) is 0 Å². The summed E-state index contributed by atoms with van der Waals surface area (Å²) in [4.78, 5) is 0. The summed E-state index contributed by atoms with van der Waals surface area (Å²) in [7, 11) is 0. The smallest absolute Gasteiger partial charge is 0.0292 e. The van der Waals surface area contributed by atoms with Crippen LogP contribution < -0.4 is 5.32 Å². The Balaban J connectivity index is 1.40. The first-order valence-corrected chi connectivity index (χ1v) is 8.24. The molecule has 0 spiro atoms. The minimum Gasteiger partial charge on any atom is -0.310 e. The van der Waals surface area contributed by atoms with E-state index in [0.717, 1.165) is 6.54 Å². The Morgan fingerprint density at radius 2 is 1.90 bits per heavy atom. The Morgan fingerprint density at radius 1 is 1.05 bits per heavy atom. The largest absolute Gasteiger partial charge is 0.310 e. The number of rotatable bonds is 4. The van der Waals surface area contributed by atoms with Crippen LogP contribution in [-0.2, 0) is 19.3 Å². The fraction of sp³-hybridized carbons (Fsp3) is 0.400. The Morgan fingerprint density at radius 3 is 2.81 bits per heavy atom. The third-order valence-corrected chi connectivity index (χ3v) is 5.25. The Bertz CT molecular complexity index is 659. The average Bonchev–Trinajstić information content (AvgIpc) is 2.95. The second kappa shape index (κ2) is 5.31. The maximum Gasteiger partial charge on any atom is 0.0292 e. The summed E-state index contributed by atoms with van der Waals surface area (Å²) in [5.74, 6) is 0.707. The van der Waals surface area contributed by atoms with Gasteiger partial charge in [0.15, 0.2) is 0 Å². The van der Waals surface area contributed by atoms with Crippen LogP contribution in [0.15, 0.2) is 42.5 Å². The zero-order chi connectivity index (χ0) is 14.2. The van der Waals surface area contributed by atoms with Gasteiger partial charge in [-0.25, -0.2) is 0 Å². The molecule has 0 saturated carbocycles. The molecule has 0 radical (unpaired) electrons. The summed E-state index contributed by atoms with van der Waals surface area (Å²) in [5.41, 5.74) is 7.68. The summed E-state index contributed by atoms with van der Waals surface area (Å²) in [6, 6.07) is 16.4. The summed E-state index contributed by atoms with van der Waals surface area (Å²) in [6.45, 7) is 3.39. The van der Waals surface area contributed by atoms with E-state index in [2.05, 4.69) is 54.7 Å². The van der Waals surface area contributed by atoms with Crippen LogP contribution in [0.3, 0.4) is 0 Å². The summed E-state index contributed by atoms with van der Waals surface area (Å²) < 4.78 is 0. The number of aryl methyl sites for hydroxylation is 2. The van der Waals surface area contributed by atoms with Crippen LogP contribution in [0.4, 0.5) is 0 Å². The minimum atomic E-state index is 0.448. The first kappa shape index (κ1) is 13.1. The highest BCUT2D eigenvalue weighted by molar-refractivity contribution is 5.40. The SMILES string of the molecule is CC(NCC1Cc2ccccc21)c1ccc2c(c1)CCC2. The molecule has 2 atom stereocenters. The van der Waals surface area contributed by atoms with E-state index in [0.29, 0.717) is 12.0 Å². The van der Waals surface area contributed by atoms with Crippen molar-refractivity contribution in [2.75, 3.05) is 6.54 Å². The molecule has 0 saturated heterocycles. The van der Waals surface area contributed by atoms with Crippen molar-refractivity contribution < 1.29 is 0 Å². The van der Waals surface area contributed by atoms with E-state index in [9.17, 15) is 0 Å². The number of nitrogens with one attached hydrogen (secondary N) is 1. The monoisotopic (exact) mass is 277 g/mol. The second-order valence-corrected chi connectivity index (χ2v) is 6.61. The lowest BCUT2D eigenvalue weighted by Crippen LogP contribution is -2.30. The van der Waals surface area contributed by atoms with Crippen LogP contribution in [0.25, 0.3) is 0 Å². The molecule has 0 amide bonds. The molecule has 2 aliphatic rings. The van der Waals surface area contributed by atoms with Crippen LogP contribution in [0, 0.1) is 0 Å². The third kappa shape index (κ3) is 2.40. The van der Waals surface area contributed by atoms with E-state index in [1.807, 2.05) is 0 Å². The van der Waals surface area contributed by atoms with Gasteiger partial charge < -0.3 is 5.32 Å². The molecule has 2 aliphatic carbocycles. The Labute approximate surface area is 127 Å². The first-order valence-electron chi connectivity index (χ1n) is 8.24. The zero-order valence-corrected chi connectivity index (χ0v) is 12.7. The lowest BCUT2D eigenvalue weighted by molar-refractivity contribution is 0.489. The molecule has 0 heterocycles. The van der Waals surface area contributed by atoms with Crippen LogP contribution in [0.1, 0.15) is 53.1 Å². The van der Waals surface area contributed by atoms with E-state index < -0.39 is 0 Å². The quantitative estimate of drug-likeness (QED) is 0.884. The van der Waals surface area contributed by atoms with Crippen molar-refractivity contribution in [3.8, 4) is 0 Å². The topological polar surface area (TPSA) is 12.0 Å². The van der Waals surface area contributed by atoms with E-state index in [-0.39, 0.29) is 0 Å². The molecule has 2 aromatic rings. The molecule has 0 aliphatic heterocycles. The molecule has 1 heteroatoms. The van der Waals surface area contributed by atoms with Gasteiger partial charge >= 0.3 is 0 Å². The van der Waals surface area contributed by atoms with Gasteiger partial charge in [-0.3, -0.25) is 0 Å². The van der Waals surface area contributed by atoms with Gasteiger partial charge in [-0.05, 0) is 60.4 Å².